The Morgan fingerprint density at radius 2 is 2.16 bits per heavy atom. The molecule has 1 N–H and O–H groups in total. The minimum atomic E-state index is -3.65. The molecular weight excluding hydrogens is 266 g/mol. The Balaban J connectivity index is 1.90. The Hall–Kier alpha value is -2.02. The van der Waals surface area contributed by atoms with Crippen LogP contribution in [0.2, 0.25) is 0 Å². The zero-order valence-corrected chi connectivity index (χ0v) is 11.1. The smallest absolute Gasteiger partial charge is 0.325 e. The second-order valence-electron chi connectivity index (χ2n) is 4.38. The van der Waals surface area contributed by atoms with Gasteiger partial charge in [-0.3, -0.25) is 4.31 Å². The molecule has 7 heteroatoms. The molecule has 0 spiro atoms. The lowest BCUT2D eigenvalue weighted by atomic mass is 10.2. The van der Waals surface area contributed by atoms with Gasteiger partial charge in [0.15, 0.2) is 5.82 Å². The van der Waals surface area contributed by atoms with E-state index in [9.17, 15) is 8.42 Å². The largest absolute Gasteiger partial charge is 0.360 e. The third-order valence-electron chi connectivity index (χ3n) is 3.00. The number of nitrogens with one attached hydrogen (secondary N) is 1. The fourth-order valence-electron chi connectivity index (χ4n) is 2.16. The standard InChI is InChI=1S/C12H13N3O3S/c1-9-8-12(13-18-9)14-19(16,17)15-7-6-10-4-2-3-5-11(10)15/h2-5,8H,6-7H2,1H3,(H,13,14). The third-order valence-corrected chi connectivity index (χ3v) is 4.42. The molecular formula is C12H13N3O3S. The van der Waals surface area contributed by atoms with Crippen molar-refractivity contribution in [2.75, 3.05) is 15.6 Å². The van der Waals surface area contributed by atoms with Crippen LogP contribution in [0.1, 0.15) is 11.3 Å². The van der Waals surface area contributed by atoms with Crippen LogP contribution in [0.4, 0.5) is 11.5 Å². The normalized spacial score (nSPS) is 14.5. The van der Waals surface area contributed by atoms with E-state index in [0.29, 0.717) is 12.3 Å². The summed E-state index contributed by atoms with van der Waals surface area (Å²) in [5, 5.41) is 3.64. The second kappa shape index (κ2) is 4.27. The fourth-order valence-corrected chi connectivity index (χ4v) is 3.40. The van der Waals surface area contributed by atoms with Crippen LogP contribution in [0.25, 0.3) is 0 Å². The van der Waals surface area contributed by atoms with Crippen molar-refractivity contribution < 1.29 is 12.9 Å². The summed E-state index contributed by atoms with van der Waals surface area (Å²) >= 11 is 0. The highest BCUT2D eigenvalue weighted by Gasteiger charge is 2.29. The second-order valence-corrected chi connectivity index (χ2v) is 5.98. The zero-order chi connectivity index (χ0) is 13.5. The highest BCUT2D eigenvalue weighted by molar-refractivity contribution is 7.94. The Kier molecular flexibility index (Phi) is 2.70. The first-order chi connectivity index (χ1) is 9.06. The van der Waals surface area contributed by atoms with Crippen molar-refractivity contribution in [1.82, 2.24) is 5.16 Å². The molecule has 0 bridgehead atoms. The maximum absolute atomic E-state index is 12.3. The van der Waals surface area contributed by atoms with Crippen LogP contribution in [-0.2, 0) is 16.6 Å². The molecule has 1 aromatic carbocycles. The van der Waals surface area contributed by atoms with Crippen LogP contribution in [0.5, 0.6) is 0 Å². The molecule has 0 fully saturated rings. The van der Waals surface area contributed by atoms with Crippen LogP contribution < -0.4 is 9.03 Å². The van der Waals surface area contributed by atoms with Gasteiger partial charge >= 0.3 is 10.2 Å². The average molecular weight is 279 g/mol. The molecule has 0 amide bonds. The highest BCUT2D eigenvalue weighted by atomic mass is 32.2. The SMILES string of the molecule is Cc1cc(NS(=O)(=O)N2CCc3ccccc32)no1. The molecule has 0 atom stereocenters. The van der Waals surface area contributed by atoms with E-state index >= 15 is 0 Å². The van der Waals surface area contributed by atoms with E-state index in [1.807, 2.05) is 18.2 Å². The van der Waals surface area contributed by atoms with Crippen molar-refractivity contribution in [2.45, 2.75) is 13.3 Å². The van der Waals surface area contributed by atoms with E-state index in [2.05, 4.69) is 9.88 Å². The van der Waals surface area contributed by atoms with Crippen molar-refractivity contribution in [3.63, 3.8) is 0 Å². The van der Waals surface area contributed by atoms with E-state index in [1.165, 1.54) is 4.31 Å². The number of para-hydroxylation sites is 1. The Bertz CT molecular complexity index is 709. The van der Waals surface area contributed by atoms with Crippen LogP contribution >= 0.6 is 0 Å². The summed E-state index contributed by atoms with van der Waals surface area (Å²) in [4.78, 5) is 0. The van der Waals surface area contributed by atoms with Gasteiger partial charge in [-0.25, -0.2) is 4.72 Å². The maximum Gasteiger partial charge on any atom is 0.325 e. The average Bonchev–Trinajstić information content (AvgIpc) is 2.95. The highest BCUT2D eigenvalue weighted by Crippen LogP contribution is 2.30. The first-order valence-electron chi connectivity index (χ1n) is 5.88. The summed E-state index contributed by atoms with van der Waals surface area (Å²) in [5.41, 5.74) is 1.75. The zero-order valence-electron chi connectivity index (χ0n) is 10.3. The molecule has 6 nitrogen and oxygen atoms in total. The molecule has 0 saturated carbocycles. The molecule has 1 aliphatic heterocycles. The number of nitrogens with zero attached hydrogens (tertiary/aromatic N) is 2. The molecule has 0 radical (unpaired) electrons. The molecule has 0 saturated heterocycles. The van der Waals surface area contributed by atoms with Crippen molar-refractivity contribution in [3.8, 4) is 0 Å². The molecule has 1 aromatic heterocycles. The quantitative estimate of drug-likeness (QED) is 0.928. The van der Waals surface area contributed by atoms with Gasteiger partial charge < -0.3 is 4.52 Å². The van der Waals surface area contributed by atoms with Gasteiger partial charge in [-0.05, 0) is 25.0 Å². The molecule has 2 heterocycles. The van der Waals surface area contributed by atoms with Gasteiger partial charge in [-0.1, -0.05) is 23.4 Å². The predicted octanol–water partition coefficient (Wildman–Crippen LogP) is 1.70. The van der Waals surface area contributed by atoms with Gasteiger partial charge in [0.1, 0.15) is 5.76 Å². The van der Waals surface area contributed by atoms with Crippen molar-refractivity contribution in [1.29, 1.82) is 0 Å². The molecule has 100 valence electrons. The summed E-state index contributed by atoms with van der Waals surface area (Å²) in [6, 6.07) is 9.01. The lowest BCUT2D eigenvalue weighted by Gasteiger charge is -2.19. The van der Waals surface area contributed by atoms with Gasteiger partial charge in [0.05, 0.1) is 5.69 Å². The third kappa shape index (κ3) is 2.17. The van der Waals surface area contributed by atoms with E-state index < -0.39 is 10.2 Å². The molecule has 0 unspecified atom stereocenters. The minimum absolute atomic E-state index is 0.196. The lowest BCUT2D eigenvalue weighted by Crippen LogP contribution is -2.34. The first kappa shape index (κ1) is 12.0. The van der Waals surface area contributed by atoms with E-state index in [4.69, 9.17) is 4.52 Å². The van der Waals surface area contributed by atoms with Gasteiger partial charge in [0.25, 0.3) is 0 Å². The van der Waals surface area contributed by atoms with Crippen molar-refractivity contribution in [3.05, 3.63) is 41.7 Å². The number of hydrogen-bond donors (Lipinski definition) is 1. The lowest BCUT2D eigenvalue weighted by molar-refractivity contribution is 0.400. The van der Waals surface area contributed by atoms with Crippen LogP contribution in [0, 0.1) is 6.92 Å². The summed E-state index contributed by atoms with van der Waals surface area (Å²) in [6.45, 7) is 2.14. The summed E-state index contributed by atoms with van der Waals surface area (Å²) in [6.07, 6.45) is 0.717. The number of anilines is 2. The van der Waals surface area contributed by atoms with Crippen LogP contribution in [-0.4, -0.2) is 20.1 Å². The monoisotopic (exact) mass is 279 g/mol. The fraction of sp³-hybridized carbons (Fsp3) is 0.250. The maximum atomic E-state index is 12.3. The summed E-state index contributed by atoms with van der Waals surface area (Å²) in [7, 11) is -3.65. The minimum Gasteiger partial charge on any atom is -0.360 e. The van der Waals surface area contributed by atoms with E-state index in [-0.39, 0.29) is 5.82 Å². The number of aryl methyl sites for hydroxylation is 1. The summed E-state index contributed by atoms with van der Waals surface area (Å²) < 4.78 is 33.2. The van der Waals surface area contributed by atoms with Crippen LogP contribution in [0.15, 0.2) is 34.9 Å². The number of hydrogen-bond acceptors (Lipinski definition) is 4. The Labute approximate surface area is 111 Å². The topological polar surface area (TPSA) is 75.4 Å². The summed E-state index contributed by atoms with van der Waals surface area (Å²) in [5.74, 6) is 0.751. The predicted molar refractivity (Wildman–Crippen MR) is 71.3 cm³/mol. The van der Waals surface area contributed by atoms with Crippen molar-refractivity contribution in [2.24, 2.45) is 0 Å². The Morgan fingerprint density at radius 1 is 1.37 bits per heavy atom. The first-order valence-corrected chi connectivity index (χ1v) is 7.32. The number of rotatable bonds is 3. The molecule has 0 aliphatic carbocycles. The number of benzene rings is 1. The van der Waals surface area contributed by atoms with Gasteiger partial charge in [-0.2, -0.15) is 8.42 Å². The molecule has 1 aliphatic rings. The number of aromatic nitrogens is 1. The van der Waals surface area contributed by atoms with Crippen LogP contribution in [0.3, 0.4) is 0 Å². The van der Waals surface area contributed by atoms with Gasteiger partial charge in [-0.15, -0.1) is 0 Å². The Morgan fingerprint density at radius 3 is 2.89 bits per heavy atom. The number of fused-ring (bicyclic) bond motifs is 1. The van der Waals surface area contributed by atoms with Crippen molar-refractivity contribution >= 4 is 21.7 Å². The van der Waals surface area contributed by atoms with Gasteiger partial charge in [0.2, 0.25) is 0 Å². The molecule has 3 rings (SSSR count). The van der Waals surface area contributed by atoms with E-state index in [0.717, 1.165) is 17.7 Å². The molecule has 2 aromatic rings. The molecule has 19 heavy (non-hydrogen) atoms. The van der Waals surface area contributed by atoms with Gasteiger partial charge in [0, 0.05) is 12.6 Å². The van der Waals surface area contributed by atoms with E-state index in [1.54, 1.807) is 19.1 Å².